The molecule has 0 spiro atoms. The Balaban J connectivity index is 1.62. The van der Waals surface area contributed by atoms with E-state index in [1.165, 1.54) is 16.3 Å². The number of rotatable bonds is 6. The Labute approximate surface area is 164 Å². The van der Waals surface area contributed by atoms with Crippen LogP contribution in [-0.2, 0) is 11.3 Å². The topological polar surface area (TPSA) is 90.0 Å². The standard InChI is InChI=1S/C20H16N4O3S/c25-18(22-12-15-6-4-10-27-15)13-28-20-23-17-8-2-1-7-16(17)19(26)24(20)14-5-3-9-21-11-14/h1-11H,12-13H2,(H,22,25). The molecule has 0 fully saturated rings. The third kappa shape index (κ3) is 3.81. The summed E-state index contributed by atoms with van der Waals surface area (Å²) in [7, 11) is 0. The summed E-state index contributed by atoms with van der Waals surface area (Å²) >= 11 is 1.20. The van der Waals surface area contributed by atoms with Crippen molar-refractivity contribution in [2.75, 3.05) is 5.75 Å². The zero-order valence-corrected chi connectivity index (χ0v) is 15.6. The van der Waals surface area contributed by atoms with Crippen molar-refractivity contribution >= 4 is 28.6 Å². The van der Waals surface area contributed by atoms with Gasteiger partial charge < -0.3 is 9.73 Å². The van der Waals surface area contributed by atoms with Crippen molar-refractivity contribution in [3.8, 4) is 5.69 Å². The first-order valence-corrected chi connectivity index (χ1v) is 9.55. The highest BCUT2D eigenvalue weighted by Crippen LogP contribution is 2.20. The Bertz CT molecular complexity index is 1160. The lowest BCUT2D eigenvalue weighted by atomic mass is 10.2. The molecule has 0 unspecified atom stereocenters. The largest absolute Gasteiger partial charge is 0.467 e. The molecule has 0 saturated heterocycles. The molecule has 0 aliphatic rings. The third-order valence-corrected chi connectivity index (χ3v) is 4.96. The van der Waals surface area contributed by atoms with Gasteiger partial charge in [-0.3, -0.25) is 19.1 Å². The van der Waals surface area contributed by atoms with Crippen molar-refractivity contribution < 1.29 is 9.21 Å². The average Bonchev–Trinajstić information content (AvgIpc) is 3.25. The Morgan fingerprint density at radius 2 is 2.04 bits per heavy atom. The van der Waals surface area contributed by atoms with Crippen LogP contribution < -0.4 is 10.9 Å². The summed E-state index contributed by atoms with van der Waals surface area (Å²) in [5.74, 6) is 0.613. The van der Waals surface area contributed by atoms with E-state index in [2.05, 4.69) is 15.3 Å². The highest BCUT2D eigenvalue weighted by Gasteiger charge is 2.15. The van der Waals surface area contributed by atoms with Crippen LogP contribution in [0, 0.1) is 0 Å². The van der Waals surface area contributed by atoms with Crippen LogP contribution in [0.1, 0.15) is 5.76 Å². The number of pyridine rings is 1. The number of aromatic nitrogens is 3. The summed E-state index contributed by atoms with van der Waals surface area (Å²) < 4.78 is 6.69. The summed E-state index contributed by atoms with van der Waals surface area (Å²) in [5.41, 5.74) is 0.993. The van der Waals surface area contributed by atoms with E-state index in [0.29, 0.717) is 34.1 Å². The summed E-state index contributed by atoms with van der Waals surface area (Å²) in [5, 5.41) is 3.73. The van der Waals surface area contributed by atoms with Gasteiger partial charge in [0, 0.05) is 6.20 Å². The second kappa shape index (κ2) is 8.10. The molecule has 1 aromatic carbocycles. The molecule has 1 amide bonds. The SMILES string of the molecule is O=C(CSc1nc2ccccc2c(=O)n1-c1cccnc1)NCc1ccco1. The van der Waals surface area contributed by atoms with Gasteiger partial charge in [-0.2, -0.15) is 0 Å². The van der Waals surface area contributed by atoms with Crippen molar-refractivity contribution in [1.82, 2.24) is 19.9 Å². The Hall–Kier alpha value is -3.39. The number of para-hydroxylation sites is 1. The molecule has 4 aromatic rings. The van der Waals surface area contributed by atoms with Crippen LogP contribution in [0.4, 0.5) is 0 Å². The number of hydrogen-bond donors (Lipinski definition) is 1. The van der Waals surface area contributed by atoms with Crippen LogP contribution in [0.25, 0.3) is 16.6 Å². The molecule has 0 radical (unpaired) electrons. The second-order valence-corrected chi connectivity index (χ2v) is 6.85. The smallest absolute Gasteiger partial charge is 0.266 e. The molecule has 0 bridgehead atoms. The predicted molar refractivity (Wildman–Crippen MR) is 106 cm³/mol. The molecule has 0 aliphatic heterocycles. The molecule has 0 atom stereocenters. The fourth-order valence-corrected chi connectivity index (χ4v) is 3.55. The Morgan fingerprint density at radius 1 is 1.14 bits per heavy atom. The zero-order valence-electron chi connectivity index (χ0n) is 14.7. The lowest BCUT2D eigenvalue weighted by Crippen LogP contribution is -2.26. The number of carbonyl (C=O) groups is 1. The van der Waals surface area contributed by atoms with Crippen LogP contribution >= 0.6 is 11.8 Å². The van der Waals surface area contributed by atoms with Crippen molar-refractivity contribution in [3.63, 3.8) is 0 Å². The Morgan fingerprint density at radius 3 is 2.82 bits per heavy atom. The lowest BCUT2D eigenvalue weighted by molar-refractivity contribution is -0.118. The van der Waals surface area contributed by atoms with E-state index in [1.54, 1.807) is 61.1 Å². The molecule has 140 valence electrons. The van der Waals surface area contributed by atoms with Gasteiger partial charge >= 0.3 is 0 Å². The molecule has 3 aromatic heterocycles. The van der Waals surface area contributed by atoms with Crippen molar-refractivity contribution in [2.24, 2.45) is 0 Å². The van der Waals surface area contributed by atoms with Gasteiger partial charge in [0.25, 0.3) is 5.56 Å². The van der Waals surface area contributed by atoms with Gasteiger partial charge in [-0.25, -0.2) is 4.98 Å². The molecule has 8 heteroatoms. The maximum atomic E-state index is 13.0. The van der Waals surface area contributed by atoms with Gasteiger partial charge in [-0.15, -0.1) is 0 Å². The van der Waals surface area contributed by atoms with Crippen LogP contribution in [0.3, 0.4) is 0 Å². The van der Waals surface area contributed by atoms with E-state index in [1.807, 2.05) is 6.07 Å². The van der Waals surface area contributed by atoms with E-state index in [0.717, 1.165) is 0 Å². The quantitative estimate of drug-likeness (QED) is 0.401. The summed E-state index contributed by atoms with van der Waals surface area (Å²) in [6.45, 7) is 0.312. The Kier molecular flexibility index (Phi) is 5.20. The summed E-state index contributed by atoms with van der Waals surface area (Å²) in [6, 6.07) is 14.2. The third-order valence-electron chi connectivity index (χ3n) is 4.02. The van der Waals surface area contributed by atoms with Gasteiger partial charge in [0.05, 0.1) is 41.3 Å². The van der Waals surface area contributed by atoms with Crippen LogP contribution in [0.2, 0.25) is 0 Å². The second-order valence-electron chi connectivity index (χ2n) is 5.91. The maximum Gasteiger partial charge on any atom is 0.266 e. The van der Waals surface area contributed by atoms with Crippen LogP contribution in [0.15, 0.2) is 81.6 Å². The number of benzene rings is 1. The van der Waals surface area contributed by atoms with E-state index in [-0.39, 0.29) is 17.2 Å². The minimum absolute atomic E-state index is 0.117. The van der Waals surface area contributed by atoms with E-state index in [9.17, 15) is 9.59 Å². The minimum atomic E-state index is -0.197. The van der Waals surface area contributed by atoms with Crippen molar-refractivity contribution in [3.05, 3.63) is 83.3 Å². The molecule has 28 heavy (non-hydrogen) atoms. The fraction of sp³-hybridized carbons (Fsp3) is 0.100. The van der Waals surface area contributed by atoms with Gasteiger partial charge in [0.15, 0.2) is 5.16 Å². The van der Waals surface area contributed by atoms with Crippen molar-refractivity contribution in [2.45, 2.75) is 11.7 Å². The molecule has 0 aliphatic carbocycles. The first-order valence-electron chi connectivity index (χ1n) is 8.56. The van der Waals surface area contributed by atoms with E-state index in [4.69, 9.17) is 4.42 Å². The van der Waals surface area contributed by atoms with Gasteiger partial charge in [0.2, 0.25) is 5.91 Å². The number of nitrogens with zero attached hydrogens (tertiary/aromatic N) is 3. The lowest BCUT2D eigenvalue weighted by Gasteiger charge is -2.12. The first-order chi connectivity index (χ1) is 13.7. The van der Waals surface area contributed by atoms with E-state index < -0.39 is 0 Å². The number of fused-ring (bicyclic) bond motifs is 1. The normalized spacial score (nSPS) is 10.9. The molecule has 3 heterocycles. The van der Waals surface area contributed by atoms with Gasteiger partial charge in [-0.1, -0.05) is 23.9 Å². The average molecular weight is 392 g/mol. The monoisotopic (exact) mass is 392 g/mol. The fourth-order valence-electron chi connectivity index (χ4n) is 2.70. The highest BCUT2D eigenvalue weighted by molar-refractivity contribution is 7.99. The number of hydrogen-bond acceptors (Lipinski definition) is 6. The van der Waals surface area contributed by atoms with Crippen LogP contribution in [-0.4, -0.2) is 26.2 Å². The van der Waals surface area contributed by atoms with E-state index >= 15 is 0 Å². The van der Waals surface area contributed by atoms with Gasteiger partial charge in [-0.05, 0) is 36.4 Å². The highest BCUT2D eigenvalue weighted by atomic mass is 32.2. The van der Waals surface area contributed by atoms with Gasteiger partial charge in [0.1, 0.15) is 5.76 Å². The summed E-state index contributed by atoms with van der Waals surface area (Å²) in [6.07, 6.45) is 4.79. The molecular formula is C20H16N4O3S. The number of carbonyl (C=O) groups excluding carboxylic acids is 1. The molecule has 7 nitrogen and oxygen atoms in total. The van der Waals surface area contributed by atoms with Crippen molar-refractivity contribution in [1.29, 1.82) is 0 Å². The molecular weight excluding hydrogens is 376 g/mol. The number of nitrogens with one attached hydrogen (secondary N) is 1. The summed E-state index contributed by atoms with van der Waals surface area (Å²) in [4.78, 5) is 33.9. The maximum absolute atomic E-state index is 13.0. The first kappa shape index (κ1) is 18.0. The number of furan rings is 1. The zero-order chi connectivity index (χ0) is 19.3. The van der Waals surface area contributed by atoms with Crippen LogP contribution in [0.5, 0.6) is 0 Å². The number of amides is 1. The molecule has 1 N–H and O–H groups in total. The predicted octanol–water partition coefficient (Wildman–Crippen LogP) is 2.78. The number of thioether (sulfide) groups is 1. The minimum Gasteiger partial charge on any atom is -0.467 e. The molecule has 4 rings (SSSR count). The molecule has 0 saturated carbocycles.